The molecule has 18 heavy (non-hydrogen) atoms. The maximum atomic E-state index is 12.0. The number of aromatic nitrogens is 1. The number of nitrogens with one attached hydrogen (secondary N) is 1. The van der Waals surface area contributed by atoms with Gasteiger partial charge < -0.3 is 11.1 Å². The summed E-state index contributed by atoms with van der Waals surface area (Å²) < 4.78 is 0. The second-order valence-corrected chi connectivity index (χ2v) is 4.25. The first-order valence-electron chi connectivity index (χ1n) is 5.36. The highest BCUT2D eigenvalue weighted by molar-refractivity contribution is 6.29. The molecule has 0 radical (unpaired) electrons. The van der Waals surface area contributed by atoms with Gasteiger partial charge in [0.15, 0.2) is 0 Å². The summed E-state index contributed by atoms with van der Waals surface area (Å²) in [5.74, 6) is -0.264. The summed E-state index contributed by atoms with van der Waals surface area (Å²) in [5.41, 5.74) is 8.24. The van der Waals surface area contributed by atoms with Crippen LogP contribution < -0.4 is 11.1 Å². The SMILES string of the molecule is Cc1cccc(C(=O)Nc2ccc(Cl)nc2)c1N. The number of carbonyl (C=O) groups excluding carboxylic acids is 1. The number of rotatable bonds is 2. The van der Waals surface area contributed by atoms with Crippen molar-refractivity contribution in [2.45, 2.75) is 6.92 Å². The van der Waals surface area contributed by atoms with Crippen LogP contribution >= 0.6 is 11.6 Å². The molecule has 0 aliphatic rings. The Morgan fingerprint density at radius 2 is 2.11 bits per heavy atom. The van der Waals surface area contributed by atoms with Crippen molar-refractivity contribution in [2.75, 3.05) is 11.1 Å². The van der Waals surface area contributed by atoms with Crippen molar-refractivity contribution < 1.29 is 4.79 Å². The molecule has 4 nitrogen and oxygen atoms in total. The fourth-order valence-electron chi connectivity index (χ4n) is 1.53. The number of nitrogens with two attached hydrogens (primary N) is 1. The Bertz CT molecular complexity index is 581. The van der Waals surface area contributed by atoms with Crippen LogP contribution in [0.4, 0.5) is 11.4 Å². The summed E-state index contributed by atoms with van der Waals surface area (Å²) in [7, 11) is 0. The number of nitrogen functional groups attached to an aromatic ring is 1. The number of aryl methyl sites for hydroxylation is 1. The standard InChI is InChI=1S/C13H12ClN3O/c1-8-3-2-4-10(12(8)15)13(18)17-9-5-6-11(14)16-7-9/h2-7H,15H2,1H3,(H,17,18). The molecule has 0 unspecified atom stereocenters. The first-order chi connectivity index (χ1) is 8.58. The molecule has 5 heteroatoms. The van der Waals surface area contributed by atoms with Gasteiger partial charge in [-0.25, -0.2) is 4.98 Å². The molecule has 3 N–H and O–H groups in total. The smallest absolute Gasteiger partial charge is 0.257 e. The molecule has 1 amide bonds. The van der Waals surface area contributed by atoms with Crippen molar-refractivity contribution >= 4 is 28.9 Å². The lowest BCUT2D eigenvalue weighted by atomic mass is 10.1. The van der Waals surface area contributed by atoms with E-state index in [1.165, 1.54) is 6.20 Å². The molecule has 0 fully saturated rings. The van der Waals surface area contributed by atoms with Gasteiger partial charge in [0.1, 0.15) is 5.15 Å². The molecule has 1 heterocycles. The Morgan fingerprint density at radius 3 is 2.78 bits per heavy atom. The fraction of sp³-hybridized carbons (Fsp3) is 0.0769. The number of anilines is 2. The first kappa shape index (κ1) is 12.4. The van der Waals surface area contributed by atoms with E-state index in [2.05, 4.69) is 10.3 Å². The topological polar surface area (TPSA) is 68.0 Å². The van der Waals surface area contributed by atoms with Gasteiger partial charge in [-0.2, -0.15) is 0 Å². The minimum Gasteiger partial charge on any atom is -0.398 e. The Kier molecular flexibility index (Phi) is 3.48. The third kappa shape index (κ3) is 2.60. The molecule has 0 atom stereocenters. The number of pyridine rings is 1. The normalized spacial score (nSPS) is 10.1. The Hall–Kier alpha value is -2.07. The zero-order valence-corrected chi connectivity index (χ0v) is 10.5. The summed E-state index contributed by atoms with van der Waals surface area (Å²) in [6.07, 6.45) is 1.49. The molecular weight excluding hydrogens is 250 g/mol. The molecule has 0 saturated carbocycles. The van der Waals surface area contributed by atoms with Crippen molar-refractivity contribution in [1.29, 1.82) is 0 Å². The van der Waals surface area contributed by atoms with E-state index in [1.807, 2.05) is 13.0 Å². The predicted octanol–water partition coefficient (Wildman–Crippen LogP) is 2.88. The number of halogens is 1. The zero-order chi connectivity index (χ0) is 13.1. The third-order valence-corrected chi connectivity index (χ3v) is 2.78. The number of nitrogens with zero attached hydrogens (tertiary/aromatic N) is 1. The van der Waals surface area contributed by atoms with Crippen LogP contribution in [-0.4, -0.2) is 10.9 Å². The summed E-state index contributed by atoms with van der Waals surface area (Å²) in [5, 5.41) is 3.09. The van der Waals surface area contributed by atoms with Crippen LogP contribution in [0.1, 0.15) is 15.9 Å². The van der Waals surface area contributed by atoms with Crippen molar-refractivity contribution in [3.63, 3.8) is 0 Å². The molecule has 2 rings (SSSR count). The van der Waals surface area contributed by atoms with Crippen LogP contribution in [-0.2, 0) is 0 Å². The summed E-state index contributed by atoms with van der Waals surface area (Å²) in [4.78, 5) is 15.9. The monoisotopic (exact) mass is 261 g/mol. The predicted molar refractivity (Wildman–Crippen MR) is 72.8 cm³/mol. The molecule has 2 aromatic rings. The lowest BCUT2D eigenvalue weighted by molar-refractivity contribution is 0.102. The number of para-hydroxylation sites is 1. The van der Waals surface area contributed by atoms with E-state index in [-0.39, 0.29) is 5.91 Å². The van der Waals surface area contributed by atoms with E-state index >= 15 is 0 Å². The van der Waals surface area contributed by atoms with Crippen molar-refractivity contribution in [2.24, 2.45) is 0 Å². The van der Waals surface area contributed by atoms with Crippen LogP contribution in [0.15, 0.2) is 36.5 Å². The Balaban J connectivity index is 2.22. The van der Waals surface area contributed by atoms with E-state index in [1.54, 1.807) is 24.3 Å². The minimum absolute atomic E-state index is 0.264. The molecule has 1 aromatic carbocycles. The van der Waals surface area contributed by atoms with E-state index in [0.29, 0.717) is 22.1 Å². The average Bonchev–Trinajstić information content (AvgIpc) is 2.35. The molecule has 0 aliphatic heterocycles. The highest BCUT2D eigenvalue weighted by atomic mass is 35.5. The summed E-state index contributed by atoms with van der Waals surface area (Å²) in [6, 6.07) is 8.62. The summed E-state index contributed by atoms with van der Waals surface area (Å²) in [6.45, 7) is 1.86. The van der Waals surface area contributed by atoms with Crippen molar-refractivity contribution in [1.82, 2.24) is 4.98 Å². The fourth-order valence-corrected chi connectivity index (χ4v) is 1.64. The van der Waals surface area contributed by atoms with E-state index in [4.69, 9.17) is 17.3 Å². The zero-order valence-electron chi connectivity index (χ0n) is 9.77. The third-order valence-electron chi connectivity index (χ3n) is 2.55. The molecular formula is C13H12ClN3O. The van der Waals surface area contributed by atoms with Gasteiger partial charge in [-0.1, -0.05) is 23.7 Å². The molecule has 0 spiro atoms. The van der Waals surface area contributed by atoms with Crippen LogP contribution in [0.5, 0.6) is 0 Å². The van der Waals surface area contributed by atoms with Crippen LogP contribution in [0, 0.1) is 6.92 Å². The number of benzene rings is 1. The van der Waals surface area contributed by atoms with E-state index in [0.717, 1.165) is 5.56 Å². The van der Waals surface area contributed by atoms with Gasteiger partial charge in [0.25, 0.3) is 5.91 Å². The van der Waals surface area contributed by atoms with Gasteiger partial charge in [-0.15, -0.1) is 0 Å². The lowest BCUT2D eigenvalue weighted by Gasteiger charge is -2.08. The van der Waals surface area contributed by atoms with Gasteiger partial charge in [0, 0.05) is 5.69 Å². The summed E-state index contributed by atoms with van der Waals surface area (Å²) >= 11 is 5.67. The Labute approximate surface area is 110 Å². The molecule has 1 aromatic heterocycles. The maximum absolute atomic E-state index is 12.0. The van der Waals surface area contributed by atoms with E-state index < -0.39 is 0 Å². The van der Waals surface area contributed by atoms with Crippen LogP contribution in [0.25, 0.3) is 0 Å². The minimum atomic E-state index is -0.264. The van der Waals surface area contributed by atoms with Crippen LogP contribution in [0.2, 0.25) is 5.15 Å². The lowest BCUT2D eigenvalue weighted by Crippen LogP contribution is -2.14. The number of carbonyl (C=O) groups is 1. The largest absolute Gasteiger partial charge is 0.398 e. The highest BCUT2D eigenvalue weighted by Crippen LogP contribution is 2.18. The van der Waals surface area contributed by atoms with Gasteiger partial charge in [0.2, 0.25) is 0 Å². The Morgan fingerprint density at radius 1 is 1.33 bits per heavy atom. The van der Waals surface area contributed by atoms with Crippen molar-refractivity contribution in [3.05, 3.63) is 52.8 Å². The quantitative estimate of drug-likeness (QED) is 0.645. The van der Waals surface area contributed by atoms with Crippen LogP contribution in [0.3, 0.4) is 0 Å². The second-order valence-electron chi connectivity index (χ2n) is 3.86. The molecule has 0 aliphatic carbocycles. The molecule has 0 bridgehead atoms. The number of hydrogen-bond donors (Lipinski definition) is 2. The van der Waals surface area contributed by atoms with Crippen molar-refractivity contribution in [3.8, 4) is 0 Å². The molecule has 92 valence electrons. The maximum Gasteiger partial charge on any atom is 0.257 e. The molecule has 0 saturated heterocycles. The van der Waals surface area contributed by atoms with Gasteiger partial charge in [0.05, 0.1) is 17.4 Å². The van der Waals surface area contributed by atoms with Gasteiger partial charge in [-0.05, 0) is 30.7 Å². The van der Waals surface area contributed by atoms with Gasteiger partial charge >= 0.3 is 0 Å². The number of hydrogen-bond acceptors (Lipinski definition) is 3. The second kappa shape index (κ2) is 5.06. The first-order valence-corrected chi connectivity index (χ1v) is 5.73. The highest BCUT2D eigenvalue weighted by Gasteiger charge is 2.11. The number of amides is 1. The average molecular weight is 262 g/mol. The van der Waals surface area contributed by atoms with Gasteiger partial charge in [-0.3, -0.25) is 4.79 Å². The van der Waals surface area contributed by atoms with E-state index in [9.17, 15) is 4.79 Å².